The van der Waals surface area contributed by atoms with Gasteiger partial charge in [0.1, 0.15) is 6.10 Å². The van der Waals surface area contributed by atoms with Crippen molar-refractivity contribution < 1.29 is 4.74 Å². The minimum absolute atomic E-state index is 0.0576. The summed E-state index contributed by atoms with van der Waals surface area (Å²) in [6.07, 6.45) is 1.93. The van der Waals surface area contributed by atoms with Gasteiger partial charge in [0.2, 0.25) is 0 Å². The van der Waals surface area contributed by atoms with E-state index in [9.17, 15) is 0 Å². The Labute approximate surface area is 117 Å². The molecular formula is C15H15ClN2O. The van der Waals surface area contributed by atoms with Gasteiger partial charge in [0.15, 0.2) is 0 Å². The molecule has 1 atom stereocenters. The summed E-state index contributed by atoms with van der Waals surface area (Å²) in [5, 5.41) is 4.04. The molecule has 1 saturated heterocycles. The van der Waals surface area contributed by atoms with Crippen molar-refractivity contribution in [2.75, 3.05) is 19.7 Å². The fourth-order valence-electron chi connectivity index (χ4n) is 2.19. The maximum absolute atomic E-state index is 6.00. The lowest BCUT2D eigenvalue weighted by molar-refractivity contribution is 0.0250. The van der Waals surface area contributed by atoms with Gasteiger partial charge in [-0.2, -0.15) is 0 Å². The highest BCUT2D eigenvalue weighted by Gasteiger charge is 2.16. The Morgan fingerprint density at radius 3 is 2.84 bits per heavy atom. The number of hydrogen-bond acceptors (Lipinski definition) is 3. The van der Waals surface area contributed by atoms with E-state index in [0.29, 0.717) is 0 Å². The third-order valence-electron chi connectivity index (χ3n) is 3.20. The van der Waals surface area contributed by atoms with Crippen LogP contribution >= 0.6 is 11.6 Å². The van der Waals surface area contributed by atoms with Gasteiger partial charge < -0.3 is 10.1 Å². The second kappa shape index (κ2) is 5.70. The zero-order valence-electron chi connectivity index (χ0n) is 10.5. The predicted molar refractivity (Wildman–Crippen MR) is 76.2 cm³/mol. The lowest BCUT2D eigenvalue weighted by Crippen LogP contribution is -2.33. The van der Waals surface area contributed by atoms with Crippen LogP contribution in [0.5, 0.6) is 0 Å². The Bertz CT molecular complexity index is 550. The zero-order valence-corrected chi connectivity index (χ0v) is 11.2. The Hall–Kier alpha value is -1.42. The molecule has 0 amide bonds. The van der Waals surface area contributed by atoms with E-state index in [1.807, 2.05) is 36.5 Å². The zero-order chi connectivity index (χ0) is 13.1. The fraction of sp³-hybridized carbons (Fsp3) is 0.267. The summed E-state index contributed by atoms with van der Waals surface area (Å²) in [4.78, 5) is 4.50. The second-order valence-electron chi connectivity index (χ2n) is 4.55. The van der Waals surface area contributed by atoms with Gasteiger partial charge in [0.05, 0.1) is 12.3 Å². The number of rotatable bonds is 2. The van der Waals surface area contributed by atoms with E-state index in [4.69, 9.17) is 16.3 Å². The van der Waals surface area contributed by atoms with Gasteiger partial charge in [-0.15, -0.1) is 0 Å². The first kappa shape index (κ1) is 12.6. The third kappa shape index (κ3) is 2.95. The van der Waals surface area contributed by atoms with Crippen molar-refractivity contribution >= 4 is 11.6 Å². The first-order valence-corrected chi connectivity index (χ1v) is 6.75. The number of benzene rings is 1. The molecule has 3 nitrogen and oxygen atoms in total. The van der Waals surface area contributed by atoms with Gasteiger partial charge in [0, 0.05) is 29.9 Å². The van der Waals surface area contributed by atoms with Crippen LogP contribution in [0.3, 0.4) is 0 Å². The SMILES string of the molecule is Clc1cccc(-c2ccc(C3CNCCO3)nc2)c1. The van der Waals surface area contributed by atoms with Crippen LogP contribution < -0.4 is 5.32 Å². The highest BCUT2D eigenvalue weighted by Crippen LogP contribution is 2.24. The number of halogens is 1. The number of morpholine rings is 1. The number of hydrogen-bond donors (Lipinski definition) is 1. The summed E-state index contributed by atoms with van der Waals surface area (Å²) >= 11 is 6.00. The normalized spacial score (nSPS) is 19.3. The maximum Gasteiger partial charge on any atom is 0.112 e. The molecule has 1 fully saturated rings. The average molecular weight is 275 g/mol. The van der Waals surface area contributed by atoms with Crippen LogP contribution in [-0.4, -0.2) is 24.7 Å². The molecule has 1 aliphatic rings. The van der Waals surface area contributed by atoms with Crippen LogP contribution in [0.4, 0.5) is 0 Å². The quantitative estimate of drug-likeness (QED) is 0.914. The Kier molecular flexibility index (Phi) is 3.78. The summed E-state index contributed by atoms with van der Waals surface area (Å²) in [5.41, 5.74) is 3.11. The summed E-state index contributed by atoms with van der Waals surface area (Å²) < 4.78 is 5.68. The molecule has 98 valence electrons. The van der Waals surface area contributed by atoms with Crippen LogP contribution in [-0.2, 0) is 4.74 Å². The van der Waals surface area contributed by atoms with Crippen molar-refractivity contribution in [2.24, 2.45) is 0 Å². The van der Waals surface area contributed by atoms with Gasteiger partial charge in [0.25, 0.3) is 0 Å². The molecule has 2 heterocycles. The molecule has 1 aliphatic heterocycles. The number of nitrogens with zero attached hydrogens (tertiary/aromatic N) is 1. The Morgan fingerprint density at radius 1 is 1.21 bits per heavy atom. The Morgan fingerprint density at radius 2 is 2.16 bits per heavy atom. The smallest absolute Gasteiger partial charge is 0.112 e. The molecule has 3 rings (SSSR count). The number of aromatic nitrogens is 1. The van der Waals surface area contributed by atoms with E-state index < -0.39 is 0 Å². The predicted octanol–water partition coefficient (Wildman–Crippen LogP) is 3.06. The minimum Gasteiger partial charge on any atom is -0.369 e. The largest absolute Gasteiger partial charge is 0.369 e. The maximum atomic E-state index is 6.00. The number of pyridine rings is 1. The monoisotopic (exact) mass is 274 g/mol. The average Bonchev–Trinajstić information content (AvgIpc) is 2.48. The molecule has 2 aromatic rings. The summed E-state index contributed by atoms with van der Waals surface area (Å²) in [6, 6.07) is 11.9. The first-order valence-electron chi connectivity index (χ1n) is 6.37. The van der Waals surface area contributed by atoms with E-state index in [2.05, 4.69) is 16.4 Å². The van der Waals surface area contributed by atoms with Gasteiger partial charge in [-0.3, -0.25) is 4.98 Å². The van der Waals surface area contributed by atoms with Gasteiger partial charge in [-0.1, -0.05) is 29.8 Å². The number of nitrogens with one attached hydrogen (secondary N) is 1. The van der Waals surface area contributed by atoms with Crippen molar-refractivity contribution in [3.63, 3.8) is 0 Å². The molecule has 0 aliphatic carbocycles. The van der Waals surface area contributed by atoms with E-state index in [0.717, 1.165) is 41.5 Å². The first-order chi connectivity index (χ1) is 9.33. The van der Waals surface area contributed by atoms with Crippen LogP contribution in [0.1, 0.15) is 11.8 Å². The van der Waals surface area contributed by atoms with Gasteiger partial charge in [-0.25, -0.2) is 0 Å². The molecule has 0 spiro atoms. The molecule has 19 heavy (non-hydrogen) atoms. The molecule has 4 heteroatoms. The van der Waals surface area contributed by atoms with E-state index in [1.165, 1.54) is 0 Å². The Balaban J connectivity index is 1.82. The van der Waals surface area contributed by atoms with Gasteiger partial charge in [-0.05, 0) is 23.8 Å². The lowest BCUT2D eigenvalue weighted by Gasteiger charge is -2.23. The van der Waals surface area contributed by atoms with Crippen LogP contribution in [0.25, 0.3) is 11.1 Å². The van der Waals surface area contributed by atoms with Crippen LogP contribution in [0.15, 0.2) is 42.6 Å². The van der Waals surface area contributed by atoms with E-state index >= 15 is 0 Å². The summed E-state index contributed by atoms with van der Waals surface area (Å²) in [5.74, 6) is 0. The number of ether oxygens (including phenoxy) is 1. The van der Waals surface area contributed by atoms with Crippen LogP contribution in [0.2, 0.25) is 5.02 Å². The molecule has 0 saturated carbocycles. The summed E-state index contributed by atoms with van der Waals surface area (Å²) in [6.45, 7) is 2.48. The molecule has 1 N–H and O–H groups in total. The van der Waals surface area contributed by atoms with E-state index in [-0.39, 0.29) is 6.10 Å². The van der Waals surface area contributed by atoms with Gasteiger partial charge >= 0.3 is 0 Å². The topological polar surface area (TPSA) is 34.1 Å². The summed E-state index contributed by atoms with van der Waals surface area (Å²) in [7, 11) is 0. The van der Waals surface area contributed by atoms with E-state index in [1.54, 1.807) is 0 Å². The molecule has 0 radical (unpaired) electrons. The molecule has 1 aromatic carbocycles. The third-order valence-corrected chi connectivity index (χ3v) is 3.44. The molecule has 0 bridgehead atoms. The highest BCUT2D eigenvalue weighted by molar-refractivity contribution is 6.30. The van der Waals surface area contributed by atoms with Crippen molar-refractivity contribution in [1.82, 2.24) is 10.3 Å². The highest BCUT2D eigenvalue weighted by atomic mass is 35.5. The van der Waals surface area contributed by atoms with Crippen molar-refractivity contribution in [2.45, 2.75) is 6.10 Å². The second-order valence-corrected chi connectivity index (χ2v) is 4.98. The molecule has 1 unspecified atom stereocenters. The molecular weight excluding hydrogens is 260 g/mol. The fourth-order valence-corrected chi connectivity index (χ4v) is 2.38. The van der Waals surface area contributed by atoms with Crippen molar-refractivity contribution in [1.29, 1.82) is 0 Å². The van der Waals surface area contributed by atoms with Crippen LogP contribution in [0, 0.1) is 0 Å². The van der Waals surface area contributed by atoms with Crippen molar-refractivity contribution in [3.8, 4) is 11.1 Å². The standard InChI is InChI=1S/C15H15ClN2O/c16-13-3-1-2-11(8-13)12-4-5-14(18-9-12)15-10-17-6-7-19-15/h1-5,8-9,15,17H,6-7,10H2. The van der Waals surface area contributed by atoms with Crippen molar-refractivity contribution in [3.05, 3.63) is 53.3 Å². The molecule has 1 aromatic heterocycles. The minimum atomic E-state index is 0.0576. The lowest BCUT2D eigenvalue weighted by atomic mass is 10.1.